The van der Waals surface area contributed by atoms with Gasteiger partial charge in [-0.15, -0.1) is 0 Å². The van der Waals surface area contributed by atoms with Crippen LogP contribution < -0.4 is 15.5 Å². The molecule has 0 amide bonds. The highest BCUT2D eigenvalue weighted by Crippen LogP contribution is 2.39. The number of piperidine rings is 1. The molecule has 13 heteroatoms. The van der Waals surface area contributed by atoms with Crippen LogP contribution in [0.25, 0.3) is 10.3 Å². The number of rotatable bonds is 5. The first-order chi connectivity index (χ1) is 17.6. The van der Waals surface area contributed by atoms with Gasteiger partial charge in [0.05, 0.1) is 26.3 Å². The van der Waals surface area contributed by atoms with Gasteiger partial charge >= 0.3 is 6.18 Å². The lowest BCUT2D eigenvalue weighted by Crippen LogP contribution is -2.38. The van der Waals surface area contributed by atoms with E-state index in [4.69, 9.17) is 44.8 Å². The molecule has 0 aliphatic carbocycles. The van der Waals surface area contributed by atoms with Crippen LogP contribution in [0, 0.1) is 0 Å². The summed E-state index contributed by atoms with van der Waals surface area (Å²) in [5, 5.41) is 7.17. The van der Waals surface area contributed by atoms with Gasteiger partial charge in [0, 0.05) is 18.3 Å². The summed E-state index contributed by atoms with van der Waals surface area (Å²) in [6.07, 6.45) is -1.39. The van der Waals surface area contributed by atoms with E-state index in [2.05, 4.69) is 27.4 Å². The monoisotopic (exact) mass is 586 g/mol. The predicted molar refractivity (Wildman–Crippen MR) is 145 cm³/mol. The molecule has 2 N–H and O–H groups in total. The molecule has 1 atom stereocenters. The predicted octanol–water partition coefficient (Wildman–Crippen LogP) is 8.93. The third-order valence-electron chi connectivity index (χ3n) is 6.04. The molecule has 6 nitrogen and oxygen atoms in total. The Bertz CT molecular complexity index is 1440. The molecule has 5 rings (SSSR count). The van der Waals surface area contributed by atoms with Crippen LogP contribution in [0.1, 0.15) is 31.7 Å². The third-order valence-corrected chi connectivity index (χ3v) is 7.85. The molecular weight excluding hydrogens is 568 g/mol. The highest BCUT2D eigenvalue weighted by molar-refractivity contribution is 7.22. The van der Waals surface area contributed by atoms with E-state index in [0.29, 0.717) is 48.7 Å². The van der Waals surface area contributed by atoms with Crippen LogP contribution in [0.5, 0.6) is 0 Å². The van der Waals surface area contributed by atoms with Gasteiger partial charge in [-0.25, -0.2) is 4.98 Å². The molecule has 2 aromatic carbocycles. The molecule has 0 spiro atoms. The first kappa shape index (κ1) is 26.1. The normalized spacial score (nSPS) is 16.3. The Kier molecular flexibility index (Phi) is 7.28. The van der Waals surface area contributed by atoms with Crippen molar-refractivity contribution in [2.75, 3.05) is 22.1 Å². The maximum Gasteiger partial charge on any atom is 0.417 e. The molecule has 1 unspecified atom stereocenters. The molecule has 1 aliphatic rings. The first-order valence-corrected chi connectivity index (χ1v) is 13.3. The molecule has 194 valence electrons. The first-order valence-electron chi connectivity index (χ1n) is 11.4. The number of thiazole rings is 1. The molecule has 1 aliphatic heterocycles. The van der Waals surface area contributed by atoms with Gasteiger partial charge in [-0.05, 0) is 56.5 Å². The standard InChI is InChI=1S/C24H20Cl3F3N6S/c1-12-5-2-3-10-36(12)22-34-20(31-13-8-9-14(17(27)11-13)24(28,29)30)19-21(35-22)37-23(33-19)32-18-15(25)6-4-7-16(18)26/h4,6-9,11-12H,2-3,5,10H2,1H3,(H,32,33)(H,31,34,35). The fourth-order valence-electron chi connectivity index (χ4n) is 4.16. The van der Waals surface area contributed by atoms with E-state index >= 15 is 0 Å². The van der Waals surface area contributed by atoms with Gasteiger partial charge in [-0.3, -0.25) is 0 Å². The zero-order valence-corrected chi connectivity index (χ0v) is 22.4. The van der Waals surface area contributed by atoms with Crippen LogP contribution in [0.4, 0.5) is 41.4 Å². The lowest BCUT2D eigenvalue weighted by Gasteiger charge is -2.33. The van der Waals surface area contributed by atoms with E-state index < -0.39 is 16.8 Å². The Morgan fingerprint density at radius 3 is 2.41 bits per heavy atom. The van der Waals surface area contributed by atoms with Crippen LogP contribution in [-0.2, 0) is 6.18 Å². The van der Waals surface area contributed by atoms with Gasteiger partial charge in [-0.2, -0.15) is 23.1 Å². The van der Waals surface area contributed by atoms with Gasteiger partial charge in [0.2, 0.25) is 5.95 Å². The lowest BCUT2D eigenvalue weighted by atomic mass is 10.0. The second-order valence-electron chi connectivity index (χ2n) is 8.62. The Labute approximate surface area is 229 Å². The average molecular weight is 588 g/mol. The van der Waals surface area contributed by atoms with Gasteiger partial charge < -0.3 is 15.5 Å². The van der Waals surface area contributed by atoms with Crippen molar-refractivity contribution >= 4 is 84.8 Å². The number of fused-ring (bicyclic) bond motifs is 1. The number of nitrogens with zero attached hydrogens (tertiary/aromatic N) is 4. The Morgan fingerprint density at radius 1 is 0.973 bits per heavy atom. The van der Waals surface area contributed by atoms with Crippen molar-refractivity contribution in [3.8, 4) is 0 Å². The smallest absolute Gasteiger partial charge is 0.338 e. The fraction of sp³-hybridized carbons (Fsp3) is 0.292. The van der Waals surface area contributed by atoms with Gasteiger partial charge in [0.15, 0.2) is 15.8 Å². The second kappa shape index (κ2) is 10.3. The van der Waals surface area contributed by atoms with Crippen molar-refractivity contribution in [3.63, 3.8) is 0 Å². The second-order valence-corrected chi connectivity index (χ2v) is 10.8. The van der Waals surface area contributed by atoms with E-state index in [9.17, 15) is 13.2 Å². The molecule has 2 aromatic heterocycles. The van der Waals surface area contributed by atoms with Crippen LogP contribution in [-0.4, -0.2) is 27.5 Å². The Morgan fingerprint density at radius 2 is 1.73 bits per heavy atom. The van der Waals surface area contributed by atoms with E-state index in [1.54, 1.807) is 18.2 Å². The van der Waals surface area contributed by atoms with Crippen LogP contribution in [0.2, 0.25) is 15.1 Å². The highest BCUT2D eigenvalue weighted by atomic mass is 35.5. The summed E-state index contributed by atoms with van der Waals surface area (Å²) < 4.78 is 39.6. The number of anilines is 5. The maximum atomic E-state index is 13.2. The molecule has 0 saturated carbocycles. The number of halogens is 6. The topological polar surface area (TPSA) is 66.0 Å². The molecular formula is C24H20Cl3F3N6S. The van der Waals surface area contributed by atoms with Crippen LogP contribution >= 0.6 is 46.1 Å². The minimum Gasteiger partial charge on any atom is -0.338 e. The quantitative estimate of drug-likeness (QED) is 0.243. The SMILES string of the molecule is CC1CCCCN1c1nc(Nc2ccc(C(F)(F)F)c(Cl)c2)c2nc(Nc3c(Cl)cccc3Cl)sc2n1. The molecule has 0 bridgehead atoms. The average Bonchev–Trinajstić information content (AvgIpc) is 3.24. The summed E-state index contributed by atoms with van der Waals surface area (Å²) in [5.74, 6) is 0.870. The number of hydrogen-bond acceptors (Lipinski definition) is 7. The van der Waals surface area contributed by atoms with Gasteiger partial charge in [0.25, 0.3) is 0 Å². The Hall–Kier alpha value is -2.53. The van der Waals surface area contributed by atoms with Crippen molar-refractivity contribution in [2.24, 2.45) is 0 Å². The summed E-state index contributed by atoms with van der Waals surface area (Å²) in [6.45, 7) is 2.92. The maximum absolute atomic E-state index is 13.2. The molecule has 3 heterocycles. The number of aromatic nitrogens is 3. The molecule has 4 aromatic rings. The van der Waals surface area contributed by atoms with Crippen molar-refractivity contribution < 1.29 is 13.2 Å². The summed E-state index contributed by atoms with van der Waals surface area (Å²) in [5.41, 5.74) is 0.381. The van der Waals surface area contributed by atoms with E-state index in [0.717, 1.165) is 31.9 Å². The van der Waals surface area contributed by atoms with Crippen molar-refractivity contribution in [2.45, 2.75) is 38.4 Å². The highest BCUT2D eigenvalue weighted by Gasteiger charge is 2.33. The zero-order valence-electron chi connectivity index (χ0n) is 19.3. The number of hydrogen-bond donors (Lipinski definition) is 2. The fourth-order valence-corrected chi connectivity index (χ4v) is 5.78. The number of benzene rings is 2. The minimum absolute atomic E-state index is 0.243. The summed E-state index contributed by atoms with van der Waals surface area (Å²) in [6, 6.07) is 8.86. The minimum atomic E-state index is -4.55. The van der Waals surface area contributed by atoms with Crippen molar-refractivity contribution in [1.82, 2.24) is 15.0 Å². The molecule has 37 heavy (non-hydrogen) atoms. The van der Waals surface area contributed by atoms with E-state index in [1.807, 2.05) is 0 Å². The van der Waals surface area contributed by atoms with Gasteiger partial charge in [-0.1, -0.05) is 52.2 Å². The van der Waals surface area contributed by atoms with E-state index in [-0.39, 0.29) is 6.04 Å². The molecule has 0 radical (unpaired) electrons. The third kappa shape index (κ3) is 5.52. The van der Waals surface area contributed by atoms with Crippen LogP contribution in [0.15, 0.2) is 36.4 Å². The molecule has 1 saturated heterocycles. The summed E-state index contributed by atoms with van der Waals surface area (Å²) >= 11 is 19.9. The van der Waals surface area contributed by atoms with Crippen molar-refractivity contribution in [1.29, 1.82) is 0 Å². The summed E-state index contributed by atoms with van der Waals surface area (Å²) in [4.78, 5) is 16.9. The number of nitrogens with one attached hydrogen (secondary N) is 2. The lowest BCUT2D eigenvalue weighted by molar-refractivity contribution is -0.137. The number of alkyl halides is 3. The summed E-state index contributed by atoms with van der Waals surface area (Å²) in [7, 11) is 0. The van der Waals surface area contributed by atoms with E-state index in [1.165, 1.54) is 23.5 Å². The van der Waals surface area contributed by atoms with Crippen molar-refractivity contribution in [3.05, 3.63) is 57.0 Å². The molecule has 1 fully saturated rings. The van der Waals surface area contributed by atoms with Crippen LogP contribution in [0.3, 0.4) is 0 Å². The largest absolute Gasteiger partial charge is 0.417 e. The zero-order chi connectivity index (χ0) is 26.3. The van der Waals surface area contributed by atoms with Gasteiger partial charge in [0.1, 0.15) is 5.52 Å². The number of para-hydroxylation sites is 1. The Balaban J connectivity index is 1.57.